The SMILES string of the molecule is N#Cc1cc(-c2nc(-c3ccccc3)nc(-c3ccccc3)n2)ccc1-n1c2ccc(-c3ccc4c(c3)c3ccccc3n4-c3ccccc3)cc2c2cc(-c3ccc4c(c3)c3ccccc3n4-c3ccccc3)ccc21. The maximum absolute atomic E-state index is 11.1. The molecule has 15 aromatic rings. The molecule has 0 spiro atoms. The van der Waals surface area contributed by atoms with E-state index in [0.717, 1.165) is 88.8 Å². The van der Waals surface area contributed by atoms with Crippen LogP contribution in [0, 0.1) is 11.3 Å². The standard InChI is InChI=1S/C70H43N7/c71-44-52-39-51(70-73-68(45-17-5-1-6-18-45)72-69(74-70)46-19-7-2-8-20-46)33-34-61(52)77-66-37-31-49(47-29-35-64-57(40-47)55-25-13-15-27-62(55)75(64)53-21-9-3-10-22-53)42-59(66)60-43-50(32-38-67(60)77)48-30-36-65-58(41-48)56-26-14-16-28-63(56)76(65)54-23-11-4-12-24-54/h1-43H. The quantitative estimate of drug-likeness (QED) is 0.152. The lowest BCUT2D eigenvalue weighted by Gasteiger charge is -2.13. The Balaban J connectivity index is 0.919. The minimum Gasteiger partial charge on any atom is -0.309 e. The lowest BCUT2D eigenvalue weighted by molar-refractivity contribution is 1.07. The molecule has 7 heteroatoms. The molecule has 0 fully saturated rings. The molecule has 0 atom stereocenters. The van der Waals surface area contributed by atoms with Gasteiger partial charge in [-0.2, -0.15) is 5.26 Å². The molecule has 0 bridgehead atoms. The molecule has 0 radical (unpaired) electrons. The van der Waals surface area contributed by atoms with E-state index in [-0.39, 0.29) is 0 Å². The number of aromatic nitrogens is 6. The third-order valence-electron chi connectivity index (χ3n) is 15.1. The van der Waals surface area contributed by atoms with Crippen molar-refractivity contribution in [1.82, 2.24) is 28.7 Å². The van der Waals surface area contributed by atoms with Gasteiger partial charge in [0.1, 0.15) is 6.07 Å². The number of rotatable bonds is 8. The van der Waals surface area contributed by atoms with Crippen LogP contribution >= 0.6 is 0 Å². The average molecular weight is 982 g/mol. The molecular weight excluding hydrogens is 939 g/mol. The first-order chi connectivity index (χ1) is 38.1. The Morgan fingerprint density at radius 1 is 0.260 bits per heavy atom. The largest absolute Gasteiger partial charge is 0.309 e. The molecule has 11 aromatic carbocycles. The number of nitrogens with zero attached hydrogens (tertiary/aromatic N) is 7. The van der Waals surface area contributed by atoms with E-state index in [1.807, 2.05) is 78.9 Å². The summed E-state index contributed by atoms with van der Waals surface area (Å²) in [6.07, 6.45) is 0. The maximum Gasteiger partial charge on any atom is 0.164 e. The Labute approximate surface area is 443 Å². The second-order valence-electron chi connectivity index (χ2n) is 19.5. The summed E-state index contributed by atoms with van der Waals surface area (Å²) in [5.41, 5.74) is 17.1. The average Bonchev–Trinajstić information content (AvgIpc) is 4.28. The smallest absolute Gasteiger partial charge is 0.164 e. The van der Waals surface area contributed by atoms with Crippen molar-refractivity contribution in [2.75, 3.05) is 0 Å². The van der Waals surface area contributed by atoms with Crippen LogP contribution in [-0.4, -0.2) is 28.7 Å². The van der Waals surface area contributed by atoms with Crippen molar-refractivity contribution in [3.05, 3.63) is 266 Å². The lowest BCUT2D eigenvalue weighted by atomic mass is 9.98. The van der Waals surface area contributed by atoms with Crippen molar-refractivity contribution in [3.63, 3.8) is 0 Å². The van der Waals surface area contributed by atoms with E-state index in [1.54, 1.807) is 0 Å². The molecule has 0 N–H and O–H groups in total. The highest BCUT2D eigenvalue weighted by Crippen LogP contribution is 2.42. The van der Waals surface area contributed by atoms with Gasteiger partial charge in [-0.15, -0.1) is 0 Å². The van der Waals surface area contributed by atoms with Gasteiger partial charge >= 0.3 is 0 Å². The number of hydrogen-bond donors (Lipinski definition) is 0. The van der Waals surface area contributed by atoms with Crippen LogP contribution < -0.4 is 0 Å². The third kappa shape index (κ3) is 7.23. The molecular formula is C70H43N7. The monoisotopic (exact) mass is 981 g/mol. The molecule has 0 aliphatic carbocycles. The maximum atomic E-state index is 11.1. The number of hydrogen-bond acceptors (Lipinski definition) is 4. The predicted octanol–water partition coefficient (Wildman–Crippen LogP) is 17.4. The van der Waals surface area contributed by atoms with Crippen LogP contribution in [0.1, 0.15) is 5.56 Å². The summed E-state index contributed by atoms with van der Waals surface area (Å²) in [5, 5.41) is 18.1. The van der Waals surface area contributed by atoms with Crippen LogP contribution in [0.15, 0.2) is 261 Å². The molecule has 4 aromatic heterocycles. The highest BCUT2D eigenvalue weighted by molar-refractivity contribution is 6.15. The summed E-state index contributed by atoms with van der Waals surface area (Å²) in [4.78, 5) is 14.9. The molecule has 358 valence electrons. The highest BCUT2D eigenvalue weighted by atomic mass is 15.0. The van der Waals surface area contributed by atoms with Crippen molar-refractivity contribution in [2.24, 2.45) is 0 Å². The van der Waals surface area contributed by atoms with Crippen LogP contribution in [0.3, 0.4) is 0 Å². The highest BCUT2D eigenvalue weighted by Gasteiger charge is 2.21. The van der Waals surface area contributed by atoms with Gasteiger partial charge in [0.05, 0.1) is 44.4 Å². The minimum absolute atomic E-state index is 0.491. The van der Waals surface area contributed by atoms with Crippen molar-refractivity contribution in [1.29, 1.82) is 5.26 Å². The van der Waals surface area contributed by atoms with Gasteiger partial charge in [-0.1, -0.05) is 158 Å². The van der Waals surface area contributed by atoms with E-state index >= 15 is 0 Å². The first-order valence-electron chi connectivity index (χ1n) is 25.8. The molecule has 15 rings (SSSR count). The molecule has 0 saturated carbocycles. The summed E-state index contributed by atoms with van der Waals surface area (Å²) in [7, 11) is 0. The van der Waals surface area contributed by atoms with Crippen molar-refractivity contribution in [3.8, 4) is 79.5 Å². The Morgan fingerprint density at radius 2 is 0.584 bits per heavy atom. The normalized spacial score (nSPS) is 11.6. The van der Waals surface area contributed by atoms with Crippen LogP contribution in [0.25, 0.3) is 139 Å². The zero-order valence-corrected chi connectivity index (χ0v) is 41.5. The van der Waals surface area contributed by atoms with Gasteiger partial charge in [0.2, 0.25) is 0 Å². The predicted molar refractivity (Wildman–Crippen MR) is 315 cm³/mol. The fourth-order valence-electron chi connectivity index (χ4n) is 11.6. The number of para-hydroxylation sites is 4. The van der Waals surface area contributed by atoms with Gasteiger partial charge < -0.3 is 13.7 Å². The first-order valence-corrected chi connectivity index (χ1v) is 25.8. The van der Waals surface area contributed by atoms with Crippen LogP contribution in [0.2, 0.25) is 0 Å². The van der Waals surface area contributed by atoms with Crippen LogP contribution in [0.4, 0.5) is 0 Å². The first kappa shape index (κ1) is 43.9. The fourth-order valence-corrected chi connectivity index (χ4v) is 11.6. The number of nitriles is 1. The zero-order valence-electron chi connectivity index (χ0n) is 41.5. The lowest BCUT2D eigenvalue weighted by Crippen LogP contribution is -2.02. The van der Waals surface area contributed by atoms with E-state index < -0.39 is 0 Å². The van der Waals surface area contributed by atoms with Gasteiger partial charge in [0.15, 0.2) is 17.5 Å². The van der Waals surface area contributed by atoms with Gasteiger partial charge in [-0.25, -0.2) is 15.0 Å². The third-order valence-corrected chi connectivity index (χ3v) is 15.1. The summed E-state index contributed by atoms with van der Waals surface area (Å²) >= 11 is 0. The Kier molecular flexibility index (Phi) is 10.1. The zero-order chi connectivity index (χ0) is 51.0. The molecule has 0 aliphatic heterocycles. The summed E-state index contributed by atoms with van der Waals surface area (Å²) in [5.74, 6) is 1.62. The molecule has 7 nitrogen and oxygen atoms in total. The molecule has 0 amide bonds. The van der Waals surface area contributed by atoms with Crippen molar-refractivity contribution < 1.29 is 0 Å². The van der Waals surface area contributed by atoms with E-state index in [1.165, 1.54) is 32.6 Å². The summed E-state index contributed by atoms with van der Waals surface area (Å²) in [6.45, 7) is 0. The second-order valence-corrected chi connectivity index (χ2v) is 19.5. The molecule has 0 saturated heterocycles. The molecule has 0 unspecified atom stereocenters. The van der Waals surface area contributed by atoms with Gasteiger partial charge in [-0.05, 0) is 125 Å². The van der Waals surface area contributed by atoms with Crippen LogP contribution in [0.5, 0.6) is 0 Å². The van der Waals surface area contributed by atoms with E-state index in [2.05, 4.69) is 202 Å². The molecule has 0 aliphatic rings. The van der Waals surface area contributed by atoms with Gasteiger partial charge in [0, 0.05) is 60.4 Å². The number of fused-ring (bicyclic) bond motifs is 9. The fraction of sp³-hybridized carbons (Fsp3) is 0. The van der Waals surface area contributed by atoms with Gasteiger partial charge in [-0.3, -0.25) is 0 Å². The summed E-state index contributed by atoms with van der Waals surface area (Å²) < 4.78 is 6.95. The van der Waals surface area contributed by atoms with E-state index in [9.17, 15) is 5.26 Å². The second kappa shape index (κ2) is 17.8. The minimum atomic E-state index is 0.491. The molecule has 4 heterocycles. The Morgan fingerprint density at radius 3 is 1.00 bits per heavy atom. The Hall–Kier alpha value is -10.7. The van der Waals surface area contributed by atoms with Crippen molar-refractivity contribution in [2.45, 2.75) is 0 Å². The van der Waals surface area contributed by atoms with Crippen molar-refractivity contribution >= 4 is 65.4 Å². The Bertz CT molecular complexity index is 4580. The van der Waals surface area contributed by atoms with E-state index in [4.69, 9.17) is 15.0 Å². The summed E-state index contributed by atoms with van der Waals surface area (Å²) in [6, 6.07) is 94.1. The van der Waals surface area contributed by atoms with Gasteiger partial charge in [0.25, 0.3) is 0 Å². The topological polar surface area (TPSA) is 77.2 Å². The van der Waals surface area contributed by atoms with E-state index in [0.29, 0.717) is 23.0 Å². The molecule has 77 heavy (non-hydrogen) atoms. The number of benzene rings is 11. The van der Waals surface area contributed by atoms with Crippen LogP contribution in [-0.2, 0) is 0 Å².